The maximum Gasteiger partial charge on any atom is 0.243 e. The molecule has 1 fully saturated rings. The lowest BCUT2D eigenvalue weighted by atomic mass is 10.4. The van der Waals surface area contributed by atoms with Crippen molar-refractivity contribution >= 4 is 20.0 Å². The van der Waals surface area contributed by atoms with Gasteiger partial charge in [-0.3, -0.25) is 0 Å². The molecule has 0 unspecified atom stereocenters. The third kappa shape index (κ3) is 3.63. The first-order chi connectivity index (χ1) is 9.81. The fourth-order valence-corrected chi connectivity index (χ4v) is 4.93. The van der Waals surface area contributed by atoms with Crippen LogP contribution in [-0.2, 0) is 20.0 Å². The molecule has 0 bridgehead atoms. The molecule has 2 rings (SSSR count). The van der Waals surface area contributed by atoms with Crippen LogP contribution in [-0.4, -0.2) is 40.3 Å². The Balaban J connectivity index is 2.37. The third-order valence-corrected chi connectivity index (χ3v) is 6.92. The van der Waals surface area contributed by atoms with E-state index in [0.29, 0.717) is 13.1 Å². The summed E-state index contributed by atoms with van der Waals surface area (Å²) in [6.45, 7) is 4.18. The summed E-state index contributed by atoms with van der Waals surface area (Å²) >= 11 is 0. The van der Waals surface area contributed by atoms with Crippen molar-refractivity contribution in [2.24, 2.45) is 0 Å². The van der Waals surface area contributed by atoms with Gasteiger partial charge in [-0.05, 0) is 31.0 Å². The number of nitrogens with zero attached hydrogens (tertiary/aromatic N) is 1. The highest BCUT2D eigenvalue weighted by Gasteiger charge is 2.29. The summed E-state index contributed by atoms with van der Waals surface area (Å²) in [4.78, 5) is -0.00694. The molecule has 1 aliphatic carbocycles. The number of nitrogens with one attached hydrogen (secondary N) is 1. The zero-order valence-electron chi connectivity index (χ0n) is 12.1. The number of sulfonamides is 2. The van der Waals surface area contributed by atoms with Gasteiger partial charge >= 0.3 is 0 Å². The largest absolute Gasteiger partial charge is 0.243 e. The summed E-state index contributed by atoms with van der Waals surface area (Å²) in [5, 5.41) is 0. The summed E-state index contributed by atoms with van der Waals surface area (Å²) in [5.74, 6) is 0. The van der Waals surface area contributed by atoms with Crippen LogP contribution in [0.2, 0.25) is 0 Å². The quantitative estimate of drug-likeness (QED) is 0.812. The van der Waals surface area contributed by atoms with E-state index in [1.54, 1.807) is 13.8 Å². The Morgan fingerprint density at radius 3 is 2.19 bits per heavy atom. The second kappa shape index (κ2) is 6.04. The van der Waals surface area contributed by atoms with E-state index in [4.69, 9.17) is 0 Å². The molecule has 1 N–H and O–H groups in total. The Morgan fingerprint density at radius 1 is 1.10 bits per heavy atom. The van der Waals surface area contributed by atoms with Crippen LogP contribution in [0.25, 0.3) is 0 Å². The van der Waals surface area contributed by atoms with Crippen molar-refractivity contribution in [3.8, 4) is 0 Å². The molecule has 0 saturated heterocycles. The lowest BCUT2D eigenvalue weighted by molar-refractivity contribution is 0.445. The predicted molar refractivity (Wildman–Crippen MR) is 79.9 cm³/mol. The van der Waals surface area contributed by atoms with Crippen LogP contribution in [0.4, 0.5) is 0 Å². The molecule has 8 heteroatoms. The van der Waals surface area contributed by atoms with E-state index >= 15 is 0 Å². The second-order valence-corrected chi connectivity index (χ2v) is 8.61. The SMILES string of the molecule is CCN(CC)S(=O)(=O)c1cccc(S(=O)(=O)NC2CC2)c1. The molecule has 0 amide bonds. The van der Waals surface area contributed by atoms with Gasteiger partial charge in [0, 0.05) is 19.1 Å². The van der Waals surface area contributed by atoms with Gasteiger partial charge < -0.3 is 0 Å². The highest BCUT2D eigenvalue weighted by atomic mass is 32.2. The van der Waals surface area contributed by atoms with Gasteiger partial charge in [0.15, 0.2) is 0 Å². The lowest BCUT2D eigenvalue weighted by Gasteiger charge is -2.18. The van der Waals surface area contributed by atoms with E-state index in [1.807, 2.05) is 0 Å². The minimum absolute atomic E-state index is 0.00451. The molecule has 21 heavy (non-hydrogen) atoms. The maximum absolute atomic E-state index is 12.4. The third-order valence-electron chi connectivity index (χ3n) is 3.36. The van der Waals surface area contributed by atoms with Crippen molar-refractivity contribution in [1.82, 2.24) is 9.03 Å². The van der Waals surface area contributed by atoms with E-state index in [9.17, 15) is 16.8 Å². The predicted octanol–water partition coefficient (Wildman–Crippen LogP) is 1.16. The van der Waals surface area contributed by atoms with Crippen molar-refractivity contribution in [3.63, 3.8) is 0 Å². The summed E-state index contributed by atoms with van der Waals surface area (Å²) in [6, 6.07) is 5.49. The van der Waals surface area contributed by atoms with Crippen LogP contribution >= 0.6 is 0 Å². The van der Waals surface area contributed by atoms with Crippen molar-refractivity contribution in [1.29, 1.82) is 0 Å². The van der Waals surface area contributed by atoms with E-state index in [0.717, 1.165) is 12.8 Å². The fraction of sp³-hybridized carbons (Fsp3) is 0.538. The summed E-state index contributed by atoms with van der Waals surface area (Å²) in [6.07, 6.45) is 1.66. The minimum Gasteiger partial charge on any atom is -0.208 e. The van der Waals surface area contributed by atoms with Gasteiger partial charge in [-0.1, -0.05) is 19.9 Å². The van der Waals surface area contributed by atoms with Crippen molar-refractivity contribution in [2.45, 2.75) is 42.5 Å². The smallest absolute Gasteiger partial charge is 0.208 e. The number of hydrogen-bond donors (Lipinski definition) is 1. The standard InChI is InChI=1S/C13H20N2O4S2/c1-3-15(4-2)21(18,19)13-7-5-6-12(10-13)20(16,17)14-11-8-9-11/h5-7,10-11,14H,3-4,8-9H2,1-2H3. The molecule has 1 aliphatic rings. The van der Waals surface area contributed by atoms with E-state index in [2.05, 4.69) is 4.72 Å². The molecule has 0 spiro atoms. The number of hydrogen-bond acceptors (Lipinski definition) is 4. The van der Waals surface area contributed by atoms with Gasteiger partial charge in [0.05, 0.1) is 9.79 Å². The Morgan fingerprint density at radius 2 is 1.67 bits per heavy atom. The highest BCUT2D eigenvalue weighted by molar-refractivity contribution is 7.90. The summed E-state index contributed by atoms with van der Waals surface area (Å²) < 4.78 is 53.0. The van der Waals surface area contributed by atoms with Crippen LogP contribution in [0.3, 0.4) is 0 Å². The Hall–Kier alpha value is -0.960. The van der Waals surface area contributed by atoms with Crippen molar-refractivity contribution in [2.75, 3.05) is 13.1 Å². The second-order valence-electron chi connectivity index (χ2n) is 4.96. The van der Waals surface area contributed by atoms with Gasteiger partial charge in [-0.25, -0.2) is 21.6 Å². The molecule has 1 aromatic rings. The van der Waals surface area contributed by atoms with E-state index in [-0.39, 0.29) is 15.8 Å². The topological polar surface area (TPSA) is 83.6 Å². The Kier molecular flexibility index (Phi) is 4.72. The van der Waals surface area contributed by atoms with E-state index in [1.165, 1.54) is 28.6 Å². The van der Waals surface area contributed by atoms with Crippen LogP contribution in [0, 0.1) is 0 Å². The molecule has 6 nitrogen and oxygen atoms in total. The Bertz CT molecular complexity index is 705. The van der Waals surface area contributed by atoms with Gasteiger partial charge in [0.25, 0.3) is 0 Å². The molecule has 0 atom stereocenters. The molecule has 1 aromatic carbocycles. The monoisotopic (exact) mass is 332 g/mol. The highest BCUT2D eigenvalue weighted by Crippen LogP contribution is 2.24. The summed E-state index contributed by atoms with van der Waals surface area (Å²) in [7, 11) is -7.31. The van der Waals surface area contributed by atoms with E-state index < -0.39 is 20.0 Å². The summed E-state index contributed by atoms with van der Waals surface area (Å²) in [5.41, 5.74) is 0. The van der Waals surface area contributed by atoms with Crippen molar-refractivity contribution < 1.29 is 16.8 Å². The van der Waals surface area contributed by atoms with Gasteiger partial charge in [0.2, 0.25) is 20.0 Å². The van der Waals surface area contributed by atoms with Crippen molar-refractivity contribution in [3.05, 3.63) is 24.3 Å². The zero-order valence-corrected chi connectivity index (χ0v) is 13.7. The Labute approximate surface area is 126 Å². The van der Waals surface area contributed by atoms with Gasteiger partial charge in [-0.15, -0.1) is 0 Å². The average molecular weight is 332 g/mol. The molecule has 0 aliphatic heterocycles. The van der Waals surface area contributed by atoms with Crippen LogP contribution < -0.4 is 4.72 Å². The van der Waals surface area contributed by atoms with Crippen LogP contribution in [0.1, 0.15) is 26.7 Å². The van der Waals surface area contributed by atoms with Crippen LogP contribution in [0.15, 0.2) is 34.1 Å². The number of benzene rings is 1. The first-order valence-electron chi connectivity index (χ1n) is 6.93. The molecular weight excluding hydrogens is 312 g/mol. The maximum atomic E-state index is 12.4. The normalized spacial score (nSPS) is 16.3. The van der Waals surface area contributed by atoms with Crippen LogP contribution in [0.5, 0.6) is 0 Å². The van der Waals surface area contributed by atoms with Gasteiger partial charge in [-0.2, -0.15) is 4.31 Å². The molecular formula is C13H20N2O4S2. The minimum atomic E-state index is -3.66. The molecule has 1 saturated carbocycles. The zero-order chi connectivity index (χ0) is 15.7. The molecule has 0 heterocycles. The average Bonchev–Trinajstić information content (AvgIpc) is 3.23. The lowest BCUT2D eigenvalue weighted by Crippen LogP contribution is -2.31. The fourth-order valence-electron chi connectivity index (χ4n) is 2.00. The number of rotatable bonds is 7. The van der Waals surface area contributed by atoms with Gasteiger partial charge in [0.1, 0.15) is 0 Å². The first-order valence-corrected chi connectivity index (χ1v) is 9.86. The molecule has 0 radical (unpaired) electrons. The first kappa shape index (κ1) is 16.4. The molecule has 118 valence electrons. The molecule has 0 aromatic heterocycles.